The highest BCUT2D eigenvalue weighted by Gasteiger charge is 2.33. The minimum absolute atomic E-state index is 0.121. The number of amides is 2. The maximum absolute atomic E-state index is 12.6. The number of morpholine rings is 1. The van der Waals surface area contributed by atoms with E-state index in [4.69, 9.17) is 4.74 Å². The topological polar surface area (TPSA) is 32.8 Å². The van der Waals surface area contributed by atoms with E-state index in [1.165, 1.54) is 5.56 Å². The molecular formula is C14H18N2O2. The van der Waals surface area contributed by atoms with Crippen molar-refractivity contribution < 1.29 is 9.53 Å². The second kappa shape index (κ2) is 4.61. The van der Waals surface area contributed by atoms with Gasteiger partial charge in [-0.3, -0.25) is 4.90 Å². The van der Waals surface area contributed by atoms with Crippen molar-refractivity contribution in [2.75, 3.05) is 31.2 Å². The van der Waals surface area contributed by atoms with E-state index in [0.717, 1.165) is 12.1 Å². The number of carbonyl (C=O) groups excluding carboxylic acids is 1. The van der Waals surface area contributed by atoms with Gasteiger partial charge in [-0.1, -0.05) is 18.2 Å². The second-order valence-electron chi connectivity index (χ2n) is 4.93. The molecule has 2 aliphatic rings. The molecule has 0 aromatic heterocycles. The van der Waals surface area contributed by atoms with E-state index in [2.05, 4.69) is 13.0 Å². The number of hydrogen-bond acceptors (Lipinski definition) is 2. The maximum atomic E-state index is 12.6. The van der Waals surface area contributed by atoms with Gasteiger partial charge >= 0.3 is 6.03 Å². The molecule has 0 saturated carbocycles. The molecule has 4 heteroatoms. The van der Waals surface area contributed by atoms with Crippen molar-refractivity contribution in [1.82, 2.24) is 4.90 Å². The smallest absolute Gasteiger partial charge is 0.324 e. The van der Waals surface area contributed by atoms with Crippen LogP contribution in [0.4, 0.5) is 10.5 Å². The highest BCUT2D eigenvalue weighted by Crippen LogP contribution is 2.32. The molecular weight excluding hydrogens is 228 g/mol. The summed E-state index contributed by atoms with van der Waals surface area (Å²) in [6.45, 7) is 4.80. The van der Waals surface area contributed by atoms with Gasteiger partial charge in [-0.05, 0) is 25.0 Å². The molecule has 0 bridgehead atoms. The van der Waals surface area contributed by atoms with Crippen molar-refractivity contribution in [3.8, 4) is 0 Å². The van der Waals surface area contributed by atoms with Crippen LogP contribution in [0.2, 0.25) is 0 Å². The Bertz CT molecular complexity index is 455. The van der Waals surface area contributed by atoms with E-state index in [1.54, 1.807) is 0 Å². The molecule has 18 heavy (non-hydrogen) atoms. The number of benzene rings is 1. The van der Waals surface area contributed by atoms with Gasteiger partial charge in [-0.15, -0.1) is 0 Å². The molecule has 1 fully saturated rings. The SMILES string of the molecule is CC1Cc2ccccc2N1C(=O)N1CCOCC1. The number of nitrogens with zero attached hydrogens (tertiary/aromatic N) is 2. The zero-order valence-corrected chi connectivity index (χ0v) is 10.6. The van der Waals surface area contributed by atoms with Gasteiger partial charge in [0.2, 0.25) is 0 Å². The van der Waals surface area contributed by atoms with Crippen molar-refractivity contribution in [1.29, 1.82) is 0 Å². The maximum Gasteiger partial charge on any atom is 0.324 e. The zero-order valence-electron chi connectivity index (χ0n) is 10.6. The third-order valence-electron chi connectivity index (χ3n) is 3.69. The average molecular weight is 246 g/mol. The molecule has 1 unspecified atom stereocenters. The van der Waals surface area contributed by atoms with Gasteiger partial charge in [0.15, 0.2) is 0 Å². The van der Waals surface area contributed by atoms with Crippen LogP contribution in [0.1, 0.15) is 12.5 Å². The van der Waals surface area contributed by atoms with E-state index in [-0.39, 0.29) is 12.1 Å². The minimum atomic E-state index is 0.121. The molecule has 4 nitrogen and oxygen atoms in total. The standard InChI is InChI=1S/C14H18N2O2/c1-11-10-12-4-2-3-5-13(12)16(11)14(17)15-6-8-18-9-7-15/h2-5,11H,6-10H2,1H3. The summed E-state index contributed by atoms with van der Waals surface area (Å²) in [7, 11) is 0. The Morgan fingerprint density at radius 2 is 2.00 bits per heavy atom. The highest BCUT2D eigenvalue weighted by atomic mass is 16.5. The van der Waals surface area contributed by atoms with Crippen LogP contribution in [0, 0.1) is 0 Å². The van der Waals surface area contributed by atoms with Crippen LogP contribution in [0.5, 0.6) is 0 Å². The highest BCUT2D eigenvalue weighted by molar-refractivity contribution is 5.95. The third kappa shape index (κ3) is 1.86. The van der Waals surface area contributed by atoms with E-state index >= 15 is 0 Å². The summed E-state index contributed by atoms with van der Waals surface area (Å²) >= 11 is 0. The van der Waals surface area contributed by atoms with Crippen molar-refractivity contribution in [2.45, 2.75) is 19.4 Å². The van der Waals surface area contributed by atoms with Gasteiger partial charge in [0, 0.05) is 24.8 Å². The summed E-state index contributed by atoms with van der Waals surface area (Å²) in [5.41, 5.74) is 2.34. The summed E-state index contributed by atoms with van der Waals surface area (Å²) in [5, 5.41) is 0. The van der Waals surface area contributed by atoms with Gasteiger partial charge < -0.3 is 9.64 Å². The first-order valence-electron chi connectivity index (χ1n) is 6.51. The monoisotopic (exact) mass is 246 g/mol. The number of fused-ring (bicyclic) bond motifs is 1. The lowest BCUT2D eigenvalue weighted by Crippen LogP contribution is -2.50. The molecule has 96 valence electrons. The second-order valence-corrected chi connectivity index (χ2v) is 4.93. The molecule has 2 heterocycles. The van der Waals surface area contributed by atoms with Crippen LogP contribution in [-0.2, 0) is 11.2 Å². The number of anilines is 1. The zero-order chi connectivity index (χ0) is 12.5. The first-order chi connectivity index (χ1) is 8.77. The Balaban J connectivity index is 1.85. The van der Waals surface area contributed by atoms with Crippen LogP contribution < -0.4 is 4.90 Å². The normalized spacial score (nSPS) is 23.1. The number of carbonyl (C=O) groups is 1. The lowest BCUT2D eigenvalue weighted by Gasteiger charge is -2.33. The van der Waals surface area contributed by atoms with Crippen molar-refractivity contribution in [3.05, 3.63) is 29.8 Å². The van der Waals surface area contributed by atoms with Gasteiger partial charge in [-0.2, -0.15) is 0 Å². The Labute approximate surface area is 107 Å². The summed E-state index contributed by atoms with van der Waals surface area (Å²) in [6, 6.07) is 8.55. The van der Waals surface area contributed by atoms with Gasteiger partial charge in [0.05, 0.1) is 13.2 Å². The van der Waals surface area contributed by atoms with E-state index in [9.17, 15) is 4.79 Å². The average Bonchev–Trinajstić information content (AvgIpc) is 2.75. The van der Waals surface area contributed by atoms with E-state index in [0.29, 0.717) is 26.3 Å². The summed E-state index contributed by atoms with van der Waals surface area (Å²) in [6.07, 6.45) is 0.951. The molecule has 1 aromatic rings. The third-order valence-corrected chi connectivity index (χ3v) is 3.69. The fourth-order valence-electron chi connectivity index (χ4n) is 2.76. The predicted molar refractivity (Wildman–Crippen MR) is 69.9 cm³/mol. The molecule has 0 aliphatic carbocycles. The number of hydrogen-bond donors (Lipinski definition) is 0. The largest absolute Gasteiger partial charge is 0.378 e. The first-order valence-corrected chi connectivity index (χ1v) is 6.51. The Hall–Kier alpha value is -1.55. The summed E-state index contributed by atoms with van der Waals surface area (Å²) in [4.78, 5) is 16.4. The van der Waals surface area contributed by atoms with Gasteiger partial charge in [0.1, 0.15) is 0 Å². The Kier molecular flexibility index (Phi) is 2.96. The quantitative estimate of drug-likeness (QED) is 0.700. The first kappa shape index (κ1) is 11.5. The van der Waals surface area contributed by atoms with Gasteiger partial charge in [-0.25, -0.2) is 4.79 Å². The van der Waals surface area contributed by atoms with Crippen molar-refractivity contribution in [3.63, 3.8) is 0 Å². The van der Waals surface area contributed by atoms with Crippen LogP contribution in [-0.4, -0.2) is 43.3 Å². The van der Waals surface area contributed by atoms with Crippen molar-refractivity contribution in [2.24, 2.45) is 0 Å². The molecule has 3 rings (SSSR count). The number of urea groups is 1. The molecule has 1 saturated heterocycles. The Morgan fingerprint density at radius 3 is 2.78 bits per heavy atom. The Morgan fingerprint density at radius 1 is 1.28 bits per heavy atom. The molecule has 1 aromatic carbocycles. The van der Waals surface area contributed by atoms with Crippen LogP contribution in [0.25, 0.3) is 0 Å². The fraction of sp³-hybridized carbons (Fsp3) is 0.500. The van der Waals surface area contributed by atoms with Crippen LogP contribution >= 0.6 is 0 Å². The molecule has 2 aliphatic heterocycles. The lowest BCUT2D eigenvalue weighted by atomic mass is 10.1. The number of ether oxygens (including phenoxy) is 1. The molecule has 1 atom stereocenters. The molecule has 2 amide bonds. The van der Waals surface area contributed by atoms with Crippen LogP contribution in [0.3, 0.4) is 0 Å². The molecule has 0 spiro atoms. The lowest BCUT2D eigenvalue weighted by molar-refractivity contribution is 0.0546. The fourth-order valence-corrected chi connectivity index (χ4v) is 2.76. The van der Waals surface area contributed by atoms with Gasteiger partial charge in [0.25, 0.3) is 0 Å². The minimum Gasteiger partial charge on any atom is -0.378 e. The van der Waals surface area contributed by atoms with E-state index in [1.807, 2.05) is 28.0 Å². The summed E-state index contributed by atoms with van der Waals surface area (Å²) < 4.78 is 5.30. The number of rotatable bonds is 0. The predicted octanol–water partition coefficient (Wildman–Crippen LogP) is 1.89. The molecule has 0 N–H and O–H groups in total. The van der Waals surface area contributed by atoms with Crippen molar-refractivity contribution >= 4 is 11.7 Å². The number of para-hydroxylation sites is 1. The summed E-state index contributed by atoms with van der Waals surface area (Å²) in [5.74, 6) is 0. The molecule has 0 radical (unpaired) electrons. The van der Waals surface area contributed by atoms with Crippen LogP contribution in [0.15, 0.2) is 24.3 Å². The van der Waals surface area contributed by atoms with E-state index < -0.39 is 0 Å².